The summed E-state index contributed by atoms with van der Waals surface area (Å²) in [6.45, 7) is 1.51. The lowest BCUT2D eigenvalue weighted by molar-refractivity contribution is -0.144. The van der Waals surface area contributed by atoms with Crippen LogP contribution < -0.4 is 0 Å². The first-order valence-corrected chi connectivity index (χ1v) is 6.26. The minimum Gasteiger partial charge on any atom is -0.480 e. The Balaban J connectivity index is 2.08. The summed E-state index contributed by atoms with van der Waals surface area (Å²) in [5, 5.41) is 9.87. The average Bonchev–Trinajstić information content (AvgIpc) is 2.29. The molecule has 4 heteroatoms. The van der Waals surface area contributed by atoms with Crippen LogP contribution >= 0.6 is 11.6 Å². The SMILES string of the molecule is O=C(O)C1CCCCN1Cc1cccc(Cl)c1. The number of hydrogen-bond donors (Lipinski definition) is 1. The fraction of sp³-hybridized carbons (Fsp3) is 0.462. The van der Waals surface area contributed by atoms with Crippen LogP contribution in [-0.2, 0) is 11.3 Å². The Morgan fingerprint density at radius 2 is 2.29 bits per heavy atom. The van der Waals surface area contributed by atoms with E-state index in [1.165, 1.54) is 0 Å². The number of hydrogen-bond acceptors (Lipinski definition) is 2. The maximum atomic E-state index is 11.2. The van der Waals surface area contributed by atoms with Gasteiger partial charge in [-0.3, -0.25) is 9.69 Å². The maximum absolute atomic E-state index is 11.2. The van der Waals surface area contributed by atoms with Crippen molar-refractivity contribution in [1.82, 2.24) is 4.90 Å². The molecule has 1 fully saturated rings. The molecule has 3 nitrogen and oxygen atoms in total. The van der Waals surface area contributed by atoms with Crippen molar-refractivity contribution in [2.75, 3.05) is 6.54 Å². The van der Waals surface area contributed by atoms with Gasteiger partial charge in [0, 0.05) is 11.6 Å². The maximum Gasteiger partial charge on any atom is 0.320 e. The van der Waals surface area contributed by atoms with Gasteiger partial charge in [0.15, 0.2) is 0 Å². The Kier molecular flexibility index (Phi) is 4.02. The minimum atomic E-state index is -0.716. The van der Waals surface area contributed by atoms with Crippen LogP contribution in [-0.4, -0.2) is 28.6 Å². The largest absolute Gasteiger partial charge is 0.480 e. The molecule has 1 aliphatic heterocycles. The molecule has 1 unspecified atom stereocenters. The molecule has 1 aliphatic rings. The molecule has 0 bridgehead atoms. The van der Waals surface area contributed by atoms with Crippen molar-refractivity contribution in [1.29, 1.82) is 0 Å². The van der Waals surface area contributed by atoms with Crippen molar-refractivity contribution in [3.63, 3.8) is 0 Å². The number of rotatable bonds is 3. The summed E-state index contributed by atoms with van der Waals surface area (Å²) in [7, 11) is 0. The molecule has 1 N–H and O–H groups in total. The summed E-state index contributed by atoms with van der Waals surface area (Å²) in [5.74, 6) is -0.716. The summed E-state index contributed by atoms with van der Waals surface area (Å²) in [5.41, 5.74) is 1.07. The number of aliphatic carboxylic acids is 1. The van der Waals surface area contributed by atoms with E-state index in [1.807, 2.05) is 29.2 Å². The van der Waals surface area contributed by atoms with Gasteiger partial charge in [-0.2, -0.15) is 0 Å². The normalized spacial score (nSPS) is 21.4. The van der Waals surface area contributed by atoms with E-state index in [0.717, 1.165) is 31.4 Å². The number of likely N-dealkylation sites (tertiary alicyclic amines) is 1. The molecule has 1 saturated heterocycles. The van der Waals surface area contributed by atoms with Gasteiger partial charge in [-0.1, -0.05) is 30.2 Å². The molecule has 0 aromatic heterocycles. The van der Waals surface area contributed by atoms with E-state index in [4.69, 9.17) is 11.6 Å². The molecule has 0 amide bonds. The van der Waals surface area contributed by atoms with Gasteiger partial charge in [-0.05, 0) is 37.1 Å². The van der Waals surface area contributed by atoms with Crippen LogP contribution in [0.2, 0.25) is 5.02 Å². The number of halogens is 1. The molecule has 2 rings (SSSR count). The summed E-state index contributed by atoms with van der Waals surface area (Å²) in [6, 6.07) is 7.27. The lowest BCUT2D eigenvalue weighted by Crippen LogP contribution is -2.43. The summed E-state index contributed by atoms with van der Waals surface area (Å²) < 4.78 is 0. The standard InChI is InChI=1S/C13H16ClNO2/c14-11-5-3-4-10(8-11)9-15-7-2-1-6-12(15)13(16)17/h3-5,8,12H,1-2,6-7,9H2,(H,16,17). The van der Waals surface area contributed by atoms with Gasteiger partial charge in [0.1, 0.15) is 6.04 Å². The first kappa shape index (κ1) is 12.4. The topological polar surface area (TPSA) is 40.5 Å². The molecule has 0 spiro atoms. The number of nitrogens with zero attached hydrogens (tertiary/aromatic N) is 1. The van der Waals surface area contributed by atoms with Crippen LogP contribution in [0.15, 0.2) is 24.3 Å². The number of piperidine rings is 1. The Morgan fingerprint density at radius 3 is 3.00 bits per heavy atom. The predicted molar refractivity (Wildman–Crippen MR) is 67.1 cm³/mol. The van der Waals surface area contributed by atoms with Crippen molar-refractivity contribution in [3.8, 4) is 0 Å². The molecule has 1 atom stereocenters. The van der Waals surface area contributed by atoms with E-state index in [0.29, 0.717) is 11.6 Å². The Morgan fingerprint density at radius 1 is 1.47 bits per heavy atom. The zero-order valence-electron chi connectivity index (χ0n) is 9.60. The van der Waals surface area contributed by atoms with Crippen molar-refractivity contribution >= 4 is 17.6 Å². The lowest BCUT2D eigenvalue weighted by Gasteiger charge is -2.32. The fourth-order valence-corrected chi connectivity index (χ4v) is 2.54. The molecule has 0 aliphatic carbocycles. The van der Waals surface area contributed by atoms with Crippen LogP contribution in [0.3, 0.4) is 0 Å². The first-order valence-electron chi connectivity index (χ1n) is 5.88. The van der Waals surface area contributed by atoms with E-state index < -0.39 is 5.97 Å². The van der Waals surface area contributed by atoms with Gasteiger partial charge in [-0.15, -0.1) is 0 Å². The smallest absolute Gasteiger partial charge is 0.320 e. The molecule has 1 heterocycles. The van der Waals surface area contributed by atoms with Gasteiger partial charge < -0.3 is 5.11 Å². The lowest BCUT2D eigenvalue weighted by atomic mass is 10.0. The summed E-state index contributed by atoms with van der Waals surface area (Å²) in [4.78, 5) is 13.2. The molecule has 0 saturated carbocycles. The fourth-order valence-electron chi connectivity index (χ4n) is 2.33. The second kappa shape index (κ2) is 5.52. The van der Waals surface area contributed by atoms with Crippen LogP contribution in [0.5, 0.6) is 0 Å². The molecule has 92 valence electrons. The Hall–Kier alpha value is -1.06. The summed E-state index contributed by atoms with van der Waals surface area (Å²) in [6.07, 6.45) is 2.82. The molecular formula is C13H16ClNO2. The van der Waals surface area contributed by atoms with Crippen molar-refractivity contribution in [2.45, 2.75) is 31.8 Å². The third-order valence-corrected chi connectivity index (χ3v) is 3.41. The molecule has 1 aromatic carbocycles. The van der Waals surface area contributed by atoms with Crippen LogP contribution in [0.4, 0.5) is 0 Å². The van der Waals surface area contributed by atoms with Gasteiger partial charge in [0.05, 0.1) is 0 Å². The van der Waals surface area contributed by atoms with E-state index in [2.05, 4.69) is 0 Å². The number of carbonyl (C=O) groups is 1. The zero-order chi connectivity index (χ0) is 12.3. The second-order valence-corrected chi connectivity index (χ2v) is 4.89. The van der Waals surface area contributed by atoms with Crippen LogP contribution in [0, 0.1) is 0 Å². The van der Waals surface area contributed by atoms with Gasteiger partial charge in [0.25, 0.3) is 0 Å². The Bertz CT molecular complexity index is 408. The summed E-state index contributed by atoms with van der Waals surface area (Å²) >= 11 is 5.93. The average molecular weight is 254 g/mol. The number of carboxylic acids is 1. The van der Waals surface area contributed by atoms with E-state index >= 15 is 0 Å². The highest BCUT2D eigenvalue weighted by atomic mass is 35.5. The predicted octanol–water partition coefficient (Wildman–Crippen LogP) is 2.78. The van der Waals surface area contributed by atoms with Crippen LogP contribution in [0.25, 0.3) is 0 Å². The molecule has 1 aromatic rings. The first-order chi connectivity index (χ1) is 8.16. The van der Waals surface area contributed by atoms with Crippen molar-refractivity contribution < 1.29 is 9.90 Å². The van der Waals surface area contributed by atoms with Gasteiger partial charge in [-0.25, -0.2) is 0 Å². The van der Waals surface area contributed by atoms with Crippen molar-refractivity contribution in [2.24, 2.45) is 0 Å². The van der Waals surface area contributed by atoms with Crippen LogP contribution in [0.1, 0.15) is 24.8 Å². The Labute approximate surface area is 106 Å². The molecule has 0 radical (unpaired) electrons. The highest BCUT2D eigenvalue weighted by molar-refractivity contribution is 6.30. The third-order valence-electron chi connectivity index (χ3n) is 3.17. The van der Waals surface area contributed by atoms with E-state index in [9.17, 15) is 9.90 Å². The second-order valence-electron chi connectivity index (χ2n) is 4.45. The molecular weight excluding hydrogens is 238 g/mol. The van der Waals surface area contributed by atoms with Gasteiger partial charge >= 0.3 is 5.97 Å². The third kappa shape index (κ3) is 3.20. The van der Waals surface area contributed by atoms with Gasteiger partial charge in [0.2, 0.25) is 0 Å². The quantitative estimate of drug-likeness (QED) is 0.901. The van der Waals surface area contributed by atoms with E-state index in [1.54, 1.807) is 0 Å². The molecule has 17 heavy (non-hydrogen) atoms. The number of carboxylic acid groups (broad SMARTS) is 1. The minimum absolute atomic E-state index is 0.345. The highest BCUT2D eigenvalue weighted by Gasteiger charge is 2.28. The number of benzene rings is 1. The zero-order valence-corrected chi connectivity index (χ0v) is 10.4. The highest BCUT2D eigenvalue weighted by Crippen LogP contribution is 2.21. The monoisotopic (exact) mass is 253 g/mol. The van der Waals surface area contributed by atoms with Crippen molar-refractivity contribution in [3.05, 3.63) is 34.9 Å². The van der Waals surface area contributed by atoms with E-state index in [-0.39, 0.29) is 6.04 Å².